The first-order chi connectivity index (χ1) is 10.6. The van der Waals surface area contributed by atoms with Crippen LogP contribution in [0.15, 0.2) is 30.3 Å². The molecule has 0 spiro atoms. The molecule has 0 aliphatic carbocycles. The number of carbonyl (C=O) groups is 1. The maximum atomic E-state index is 9.70. The van der Waals surface area contributed by atoms with Gasteiger partial charge in [0, 0.05) is 34.2 Å². The third-order valence-electron chi connectivity index (χ3n) is 3.38. The molecule has 22 heavy (non-hydrogen) atoms. The van der Waals surface area contributed by atoms with Crippen molar-refractivity contribution in [3.63, 3.8) is 0 Å². The van der Waals surface area contributed by atoms with Crippen molar-refractivity contribution >= 4 is 5.91 Å². The summed E-state index contributed by atoms with van der Waals surface area (Å²) in [6.45, 7) is 4.52. The zero-order valence-corrected chi connectivity index (χ0v) is 14.0. The summed E-state index contributed by atoms with van der Waals surface area (Å²) in [5.74, 6) is 0.00463. The first-order valence-corrected chi connectivity index (χ1v) is 7.69. The van der Waals surface area contributed by atoms with E-state index in [0.717, 1.165) is 39.6 Å². The Labute approximate surface area is 134 Å². The normalized spacial score (nSPS) is 16.9. The van der Waals surface area contributed by atoms with Crippen molar-refractivity contribution in [2.45, 2.75) is 32.3 Å². The summed E-state index contributed by atoms with van der Waals surface area (Å²) < 4.78 is 0. The van der Waals surface area contributed by atoms with Gasteiger partial charge in [0.1, 0.15) is 0 Å². The number of amides is 1. The number of nitrogens with zero attached hydrogens (tertiary/aromatic N) is 1. The summed E-state index contributed by atoms with van der Waals surface area (Å²) >= 11 is 0. The largest absolute Gasteiger partial charge is 0.400 e. The van der Waals surface area contributed by atoms with Crippen molar-refractivity contribution in [1.82, 2.24) is 10.2 Å². The highest BCUT2D eigenvalue weighted by atomic mass is 16.3. The van der Waals surface area contributed by atoms with Gasteiger partial charge >= 0.3 is 0 Å². The molecule has 1 fully saturated rings. The summed E-state index contributed by atoms with van der Waals surface area (Å²) in [6, 6.07) is 10.6. The van der Waals surface area contributed by atoms with Crippen LogP contribution < -0.4 is 5.32 Å². The quantitative estimate of drug-likeness (QED) is 0.777. The maximum Gasteiger partial charge on any atom is 0.216 e. The zero-order chi connectivity index (χ0) is 16.8. The summed E-state index contributed by atoms with van der Waals surface area (Å²) in [4.78, 5) is 12.1. The Hall–Kier alpha value is -1.43. The van der Waals surface area contributed by atoms with Crippen LogP contribution in [-0.2, 0) is 11.2 Å². The molecular weight excluding hydrogens is 280 g/mol. The molecule has 3 N–H and O–H groups in total. The first-order valence-electron chi connectivity index (χ1n) is 7.69. The van der Waals surface area contributed by atoms with Crippen LogP contribution in [0.5, 0.6) is 0 Å². The predicted molar refractivity (Wildman–Crippen MR) is 89.7 cm³/mol. The molecule has 1 aromatic carbocycles. The van der Waals surface area contributed by atoms with Crippen LogP contribution in [-0.4, -0.2) is 60.9 Å². The number of nitrogens with one attached hydrogen (secondary N) is 1. The lowest BCUT2D eigenvalue weighted by molar-refractivity contribution is -0.118. The second-order valence-corrected chi connectivity index (χ2v) is 5.14. The van der Waals surface area contributed by atoms with Crippen LogP contribution in [0.3, 0.4) is 0 Å². The average Bonchev–Trinajstić information content (AvgIpc) is 2.96. The van der Waals surface area contributed by atoms with Gasteiger partial charge in [0.25, 0.3) is 0 Å². The smallest absolute Gasteiger partial charge is 0.216 e. The Bertz CT molecular complexity index is 385. The molecule has 0 radical (unpaired) electrons. The van der Waals surface area contributed by atoms with E-state index in [4.69, 9.17) is 5.11 Å². The summed E-state index contributed by atoms with van der Waals surface area (Å²) in [6.07, 6.45) is 3.21. The molecule has 1 aliphatic heterocycles. The molecule has 0 aromatic heterocycles. The van der Waals surface area contributed by atoms with Gasteiger partial charge in [0.05, 0.1) is 6.10 Å². The van der Waals surface area contributed by atoms with Gasteiger partial charge < -0.3 is 20.4 Å². The SMILES string of the molecule is CNC(C)=O.CO.OC1CCN(CCCc2ccccc2)C1. The van der Waals surface area contributed by atoms with Gasteiger partial charge in [-0.05, 0) is 31.4 Å². The molecule has 1 heterocycles. The standard InChI is InChI=1S/C13H19NO.C3H7NO.CH4O/c15-13-8-10-14(11-13)9-4-7-12-5-2-1-3-6-12;1-3(5)4-2;1-2/h1-3,5-6,13,15H,4,7-11H2;1-2H3,(H,4,5);2H,1H3. The van der Waals surface area contributed by atoms with E-state index in [-0.39, 0.29) is 12.0 Å². The van der Waals surface area contributed by atoms with Crippen LogP contribution in [0.2, 0.25) is 0 Å². The van der Waals surface area contributed by atoms with E-state index in [1.165, 1.54) is 18.9 Å². The molecule has 126 valence electrons. The Kier molecular flexibility index (Phi) is 12.4. The number of hydrogen-bond donors (Lipinski definition) is 3. The summed E-state index contributed by atoms with van der Waals surface area (Å²) in [5.41, 5.74) is 1.41. The molecule has 1 aromatic rings. The number of hydrogen-bond acceptors (Lipinski definition) is 4. The molecule has 2 rings (SSSR count). The fourth-order valence-electron chi connectivity index (χ4n) is 2.17. The molecular formula is C17H30N2O3. The molecule has 1 aliphatic rings. The Morgan fingerprint density at radius 2 is 1.91 bits per heavy atom. The van der Waals surface area contributed by atoms with Crippen molar-refractivity contribution in [2.75, 3.05) is 33.8 Å². The number of aliphatic hydroxyl groups is 2. The zero-order valence-electron chi connectivity index (χ0n) is 14.0. The third kappa shape index (κ3) is 10.3. The van der Waals surface area contributed by atoms with Crippen molar-refractivity contribution in [1.29, 1.82) is 0 Å². The Morgan fingerprint density at radius 1 is 1.32 bits per heavy atom. The highest BCUT2D eigenvalue weighted by Crippen LogP contribution is 2.10. The number of benzene rings is 1. The van der Waals surface area contributed by atoms with Gasteiger partial charge in [0.15, 0.2) is 0 Å². The maximum absolute atomic E-state index is 9.70. The molecule has 5 heteroatoms. The summed E-state index contributed by atoms with van der Waals surface area (Å²) in [7, 11) is 2.60. The molecule has 0 bridgehead atoms. The molecule has 1 saturated heterocycles. The van der Waals surface area contributed by atoms with E-state index in [1.54, 1.807) is 7.05 Å². The monoisotopic (exact) mass is 310 g/mol. The van der Waals surface area contributed by atoms with Gasteiger partial charge in [-0.2, -0.15) is 0 Å². The van der Waals surface area contributed by atoms with Gasteiger partial charge in [-0.3, -0.25) is 4.79 Å². The van der Waals surface area contributed by atoms with Crippen LogP contribution in [0, 0.1) is 0 Å². The average molecular weight is 310 g/mol. The Balaban J connectivity index is 0.000000540. The molecule has 0 saturated carbocycles. The van der Waals surface area contributed by atoms with E-state index < -0.39 is 0 Å². The van der Waals surface area contributed by atoms with Crippen molar-refractivity contribution < 1.29 is 15.0 Å². The number of likely N-dealkylation sites (tertiary alicyclic amines) is 1. The van der Waals surface area contributed by atoms with Crippen molar-refractivity contribution in [2.24, 2.45) is 0 Å². The van der Waals surface area contributed by atoms with Crippen molar-refractivity contribution in [3.05, 3.63) is 35.9 Å². The number of rotatable bonds is 4. The minimum atomic E-state index is -0.0817. The second-order valence-electron chi connectivity index (χ2n) is 5.14. The topological polar surface area (TPSA) is 72.8 Å². The minimum Gasteiger partial charge on any atom is -0.400 e. The van der Waals surface area contributed by atoms with Gasteiger partial charge in [-0.15, -0.1) is 0 Å². The van der Waals surface area contributed by atoms with Gasteiger partial charge in [-0.25, -0.2) is 0 Å². The van der Waals surface area contributed by atoms with E-state index >= 15 is 0 Å². The van der Waals surface area contributed by atoms with Gasteiger partial charge in [-0.1, -0.05) is 30.3 Å². The molecule has 1 atom stereocenters. The molecule has 5 nitrogen and oxygen atoms in total. The van der Waals surface area contributed by atoms with E-state index in [0.29, 0.717) is 0 Å². The van der Waals surface area contributed by atoms with Crippen LogP contribution in [0.4, 0.5) is 0 Å². The van der Waals surface area contributed by atoms with Crippen LogP contribution in [0.25, 0.3) is 0 Å². The van der Waals surface area contributed by atoms with Crippen LogP contribution >= 0.6 is 0 Å². The number of aliphatic hydroxyl groups excluding tert-OH is 2. The van der Waals surface area contributed by atoms with E-state index in [1.807, 2.05) is 0 Å². The third-order valence-corrected chi connectivity index (χ3v) is 3.38. The highest BCUT2D eigenvalue weighted by Gasteiger charge is 2.18. The van der Waals surface area contributed by atoms with E-state index in [9.17, 15) is 9.90 Å². The highest BCUT2D eigenvalue weighted by molar-refractivity contribution is 5.72. The molecule has 1 amide bonds. The lowest BCUT2D eigenvalue weighted by Gasteiger charge is -2.14. The van der Waals surface area contributed by atoms with Gasteiger partial charge in [0.2, 0.25) is 5.91 Å². The Morgan fingerprint density at radius 3 is 2.36 bits per heavy atom. The fourth-order valence-corrected chi connectivity index (χ4v) is 2.17. The minimum absolute atomic E-state index is 0.00463. The fraction of sp³-hybridized carbons (Fsp3) is 0.588. The molecule has 1 unspecified atom stereocenters. The number of carbonyl (C=O) groups excluding carboxylic acids is 1. The number of β-amino-alcohol motifs (C(OH)–C–C–N with tert-alkyl or cyclic N) is 1. The second kappa shape index (κ2) is 13.2. The number of aryl methyl sites for hydroxylation is 1. The van der Waals surface area contributed by atoms with E-state index in [2.05, 4.69) is 40.5 Å². The summed E-state index contributed by atoms with van der Waals surface area (Å²) in [5, 5.41) is 18.8. The first kappa shape index (κ1) is 20.6. The lowest BCUT2D eigenvalue weighted by atomic mass is 10.1. The lowest BCUT2D eigenvalue weighted by Crippen LogP contribution is -2.23. The predicted octanol–water partition coefficient (Wildman–Crippen LogP) is 1.05. The van der Waals surface area contributed by atoms with Crippen LogP contribution in [0.1, 0.15) is 25.3 Å². The van der Waals surface area contributed by atoms with Crippen molar-refractivity contribution in [3.8, 4) is 0 Å².